The lowest BCUT2D eigenvalue weighted by atomic mass is 10.1. The van der Waals surface area contributed by atoms with Gasteiger partial charge in [0.05, 0.1) is 7.11 Å². The number of methoxy groups -OCH3 is 1. The molecule has 108 valence electrons. The van der Waals surface area contributed by atoms with Gasteiger partial charge in [0.25, 0.3) is 0 Å². The standard InChI is InChI=1S/C18H19NO2/c1-21-17-10-6-5-9-14(17)12-19-18(20)16-11-15(16)13-7-3-2-4-8-13/h2-10,15-16H,11-12H2,1H3,(H,19,20)/t15-,16+/m1/s1. The normalized spacial score (nSPS) is 19.9. The van der Waals surface area contributed by atoms with E-state index in [4.69, 9.17) is 4.74 Å². The van der Waals surface area contributed by atoms with E-state index in [1.165, 1.54) is 5.56 Å². The first-order chi connectivity index (χ1) is 10.3. The van der Waals surface area contributed by atoms with Gasteiger partial charge in [-0.1, -0.05) is 48.5 Å². The minimum Gasteiger partial charge on any atom is -0.496 e. The number of carbonyl (C=O) groups excluding carboxylic acids is 1. The number of benzene rings is 2. The van der Waals surface area contributed by atoms with Crippen LogP contribution in [0.3, 0.4) is 0 Å². The lowest BCUT2D eigenvalue weighted by Gasteiger charge is -2.09. The zero-order valence-corrected chi connectivity index (χ0v) is 12.1. The average molecular weight is 281 g/mol. The predicted molar refractivity (Wildman–Crippen MR) is 82.1 cm³/mol. The zero-order chi connectivity index (χ0) is 14.7. The Labute approximate surface area is 124 Å². The van der Waals surface area contributed by atoms with Gasteiger partial charge in [-0.25, -0.2) is 0 Å². The third kappa shape index (κ3) is 3.07. The second-order valence-corrected chi connectivity index (χ2v) is 5.39. The van der Waals surface area contributed by atoms with Crippen LogP contribution in [0.1, 0.15) is 23.5 Å². The average Bonchev–Trinajstić information content (AvgIpc) is 3.34. The second-order valence-electron chi connectivity index (χ2n) is 5.39. The van der Waals surface area contributed by atoms with Crippen LogP contribution in [0.2, 0.25) is 0 Å². The summed E-state index contributed by atoms with van der Waals surface area (Å²) in [6.45, 7) is 0.515. The first-order valence-corrected chi connectivity index (χ1v) is 7.24. The van der Waals surface area contributed by atoms with Gasteiger partial charge in [0.15, 0.2) is 0 Å². The minimum absolute atomic E-state index is 0.113. The fourth-order valence-corrected chi connectivity index (χ4v) is 2.72. The van der Waals surface area contributed by atoms with Gasteiger partial charge in [0.2, 0.25) is 5.91 Å². The van der Waals surface area contributed by atoms with Crippen molar-refractivity contribution in [3.63, 3.8) is 0 Å². The molecule has 0 heterocycles. The molecule has 1 aliphatic carbocycles. The molecule has 2 aromatic carbocycles. The van der Waals surface area contributed by atoms with Crippen molar-refractivity contribution >= 4 is 5.91 Å². The van der Waals surface area contributed by atoms with Gasteiger partial charge in [-0.05, 0) is 24.0 Å². The zero-order valence-electron chi connectivity index (χ0n) is 12.1. The second kappa shape index (κ2) is 6.00. The quantitative estimate of drug-likeness (QED) is 0.914. The van der Waals surface area contributed by atoms with Crippen molar-refractivity contribution < 1.29 is 9.53 Å². The highest BCUT2D eigenvalue weighted by Crippen LogP contribution is 2.47. The third-order valence-electron chi connectivity index (χ3n) is 4.00. The minimum atomic E-state index is 0.113. The molecule has 0 bridgehead atoms. The van der Waals surface area contributed by atoms with Crippen molar-refractivity contribution in [1.29, 1.82) is 0 Å². The molecule has 0 aromatic heterocycles. The van der Waals surface area contributed by atoms with Gasteiger partial charge in [-0.3, -0.25) is 4.79 Å². The molecule has 1 fully saturated rings. The molecule has 1 aliphatic rings. The van der Waals surface area contributed by atoms with Gasteiger partial charge < -0.3 is 10.1 Å². The number of rotatable bonds is 5. The first kappa shape index (κ1) is 13.7. The van der Waals surface area contributed by atoms with Crippen LogP contribution in [0, 0.1) is 5.92 Å². The van der Waals surface area contributed by atoms with Crippen molar-refractivity contribution in [3.8, 4) is 5.75 Å². The van der Waals surface area contributed by atoms with Crippen LogP contribution in [0.15, 0.2) is 54.6 Å². The van der Waals surface area contributed by atoms with E-state index in [9.17, 15) is 4.79 Å². The summed E-state index contributed by atoms with van der Waals surface area (Å²) in [5.74, 6) is 1.44. The molecule has 1 amide bonds. The summed E-state index contributed by atoms with van der Waals surface area (Å²) in [6, 6.07) is 18.0. The SMILES string of the molecule is COc1ccccc1CNC(=O)[C@H]1C[C@@H]1c1ccccc1. The lowest BCUT2D eigenvalue weighted by Crippen LogP contribution is -2.25. The molecule has 3 rings (SSSR count). The number of para-hydroxylation sites is 1. The molecular formula is C18H19NO2. The van der Waals surface area contributed by atoms with Crippen molar-refractivity contribution in [2.45, 2.75) is 18.9 Å². The van der Waals surface area contributed by atoms with Crippen LogP contribution in [-0.4, -0.2) is 13.0 Å². The van der Waals surface area contributed by atoms with E-state index < -0.39 is 0 Å². The Morgan fingerprint density at radius 2 is 1.86 bits per heavy atom. The van der Waals surface area contributed by atoms with E-state index in [-0.39, 0.29) is 11.8 Å². The fourth-order valence-electron chi connectivity index (χ4n) is 2.72. The topological polar surface area (TPSA) is 38.3 Å². The maximum Gasteiger partial charge on any atom is 0.224 e. The maximum atomic E-state index is 12.2. The number of carbonyl (C=O) groups is 1. The molecule has 0 radical (unpaired) electrons. The Morgan fingerprint density at radius 1 is 1.14 bits per heavy atom. The molecule has 1 saturated carbocycles. The summed E-state index contributed by atoms with van der Waals surface area (Å²) in [4.78, 5) is 12.2. The predicted octanol–water partition coefficient (Wildman–Crippen LogP) is 3.12. The van der Waals surface area contributed by atoms with E-state index >= 15 is 0 Å². The van der Waals surface area contributed by atoms with Crippen molar-refractivity contribution in [2.24, 2.45) is 5.92 Å². The number of amides is 1. The van der Waals surface area contributed by atoms with E-state index in [1.807, 2.05) is 42.5 Å². The van der Waals surface area contributed by atoms with Crippen LogP contribution >= 0.6 is 0 Å². The van der Waals surface area contributed by atoms with E-state index in [0.29, 0.717) is 12.5 Å². The molecule has 0 aliphatic heterocycles. The third-order valence-corrected chi connectivity index (χ3v) is 4.00. The maximum absolute atomic E-state index is 12.2. The van der Waals surface area contributed by atoms with Crippen molar-refractivity contribution in [2.75, 3.05) is 7.11 Å². The smallest absolute Gasteiger partial charge is 0.224 e. The van der Waals surface area contributed by atoms with Crippen LogP contribution in [-0.2, 0) is 11.3 Å². The largest absolute Gasteiger partial charge is 0.496 e. The van der Waals surface area contributed by atoms with Gasteiger partial charge in [0, 0.05) is 18.0 Å². The van der Waals surface area contributed by atoms with E-state index in [2.05, 4.69) is 17.4 Å². The number of ether oxygens (including phenoxy) is 1. The van der Waals surface area contributed by atoms with Crippen LogP contribution in [0.5, 0.6) is 5.75 Å². The fraction of sp³-hybridized carbons (Fsp3) is 0.278. The molecular weight excluding hydrogens is 262 g/mol. The number of hydrogen-bond acceptors (Lipinski definition) is 2. The van der Waals surface area contributed by atoms with Crippen LogP contribution < -0.4 is 10.1 Å². The highest BCUT2D eigenvalue weighted by molar-refractivity contribution is 5.82. The summed E-state index contributed by atoms with van der Waals surface area (Å²) < 4.78 is 5.29. The number of hydrogen-bond donors (Lipinski definition) is 1. The summed E-state index contributed by atoms with van der Waals surface area (Å²) in [6.07, 6.45) is 0.946. The Hall–Kier alpha value is -2.29. The van der Waals surface area contributed by atoms with Gasteiger partial charge in [0.1, 0.15) is 5.75 Å². The summed E-state index contributed by atoms with van der Waals surface area (Å²) >= 11 is 0. The Bertz CT molecular complexity index is 624. The molecule has 3 heteroatoms. The molecule has 0 unspecified atom stereocenters. The summed E-state index contributed by atoms with van der Waals surface area (Å²) in [7, 11) is 1.65. The molecule has 2 atom stereocenters. The lowest BCUT2D eigenvalue weighted by molar-refractivity contribution is -0.122. The Balaban J connectivity index is 1.56. The van der Waals surface area contributed by atoms with E-state index in [1.54, 1.807) is 7.11 Å². The summed E-state index contributed by atoms with van der Waals surface area (Å²) in [5.41, 5.74) is 2.26. The molecule has 0 saturated heterocycles. The Morgan fingerprint density at radius 3 is 2.62 bits per heavy atom. The van der Waals surface area contributed by atoms with Crippen LogP contribution in [0.4, 0.5) is 0 Å². The number of nitrogens with one attached hydrogen (secondary N) is 1. The highest BCUT2D eigenvalue weighted by atomic mass is 16.5. The van der Waals surface area contributed by atoms with Crippen molar-refractivity contribution in [1.82, 2.24) is 5.32 Å². The molecule has 21 heavy (non-hydrogen) atoms. The van der Waals surface area contributed by atoms with Gasteiger partial charge in [-0.2, -0.15) is 0 Å². The first-order valence-electron chi connectivity index (χ1n) is 7.24. The Kier molecular flexibility index (Phi) is 3.91. The van der Waals surface area contributed by atoms with E-state index in [0.717, 1.165) is 17.7 Å². The summed E-state index contributed by atoms with van der Waals surface area (Å²) in [5, 5.41) is 3.02. The molecule has 0 spiro atoms. The van der Waals surface area contributed by atoms with Crippen LogP contribution in [0.25, 0.3) is 0 Å². The van der Waals surface area contributed by atoms with Crippen molar-refractivity contribution in [3.05, 3.63) is 65.7 Å². The molecule has 2 aromatic rings. The highest BCUT2D eigenvalue weighted by Gasteiger charge is 2.43. The molecule has 1 N–H and O–H groups in total. The van der Waals surface area contributed by atoms with Gasteiger partial charge in [-0.15, -0.1) is 0 Å². The molecule has 3 nitrogen and oxygen atoms in total. The monoisotopic (exact) mass is 281 g/mol. The van der Waals surface area contributed by atoms with Gasteiger partial charge >= 0.3 is 0 Å².